The summed E-state index contributed by atoms with van der Waals surface area (Å²) >= 11 is 0. The standard InChI is InChI=1S/C14H21N3O/c1-10-16-13-4-2-3-12(13)14(18)17(10)9-11-5-7-15-8-6-11/h11,15H,2-9H2,1H3. The highest BCUT2D eigenvalue weighted by atomic mass is 16.1. The van der Waals surface area contributed by atoms with Gasteiger partial charge >= 0.3 is 0 Å². The van der Waals surface area contributed by atoms with Crippen molar-refractivity contribution in [2.75, 3.05) is 13.1 Å². The van der Waals surface area contributed by atoms with Gasteiger partial charge < -0.3 is 5.32 Å². The maximum atomic E-state index is 12.5. The lowest BCUT2D eigenvalue weighted by molar-refractivity contribution is 0.325. The summed E-state index contributed by atoms with van der Waals surface area (Å²) in [5.74, 6) is 1.53. The Hall–Kier alpha value is -1.16. The van der Waals surface area contributed by atoms with Crippen molar-refractivity contribution < 1.29 is 0 Å². The van der Waals surface area contributed by atoms with Crippen LogP contribution in [0.5, 0.6) is 0 Å². The minimum Gasteiger partial charge on any atom is -0.317 e. The van der Waals surface area contributed by atoms with Crippen molar-refractivity contribution in [3.8, 4) is 0 Å². The molecule has 1 aliphatic heterocycles. The van der Waals surface area contributed by atoms with Gasteiger partial charge in [0, 0.05) is 12.1 Å². The first-order valence-corrected chi connectivity index (χ1v) is 7.05. The number of nitrogens with zero attached hydrogens (tertiary/aromatic N) is 2. The molecule has 0 saturated carbocycles. The van der Waals surface area contributed by atoms with Gasteiger partial charge in [0.15, 0.2) is 0 Å². The molecule has 0 unspecified atom stereocenters. The van der Waals surface area contributed by atoms with Gasteiger partial charge in [-0.05, 0) is 58.0 Å². The number of aromatic nitrogens is 2. The Kier molecular flexibility index (Phi) is 3.20. The van der Waals surface area contributed by atoms with Gasteiger partial charge in [0.05, 0.1) is 5.69 Å². The van der Waals surface area contributed by atoms with E-state index in [1.54, 1.807) is 0 Å². The first kappa shape index (κ1) is 11.9. The SMILES string of the molecule is Cc1nc2c(c(=O)n1CC1CCNCC1)CCC2. The summed E-state index contributed by atoms with van der Waals surface area (Å²) in [6.07, 6.45) is 5.34. The van der Waals surface area contributed by atoms with Gasteiger partial charge in [0.25, 0.3) is 5.56 Å². The van der Waals surface area contributed by atoms with E-state index >= 15 is 0 Å². The highest BCUT2D eigenvalue weighted by Gasteiger charge is 2.21. The van der Waals surface area contributed by atoms with Crippen LogP contribution >= 0.6 is 0 Å². The number of hydrogen-bond donors (Lipinski definition) is 1. The number of piperidine rings is 1. The normalized spacial score (nSPS) is 20.1. The zero-order valence-corrected chi connectivity index (χ0v) is 11.0. The average Bonchev–Trinajstić information content (AvgIpc) is 2.84. The molecule has 0 bridgehead atoms. The first-order valence-electron chi connectivity index (χ1n) is 7.05. The van der Waals surface area contributed by atoms with E-state index in [9.17, 15) is 4.79 Å². The molecular weight excluding hydrogens is 226 g/mol. The van der Waals surface area contributed by atoms with Crippen LogP contribution in [0.1, 0.15) is 36.3 Å². The van der Waals surface area contributed by atoms with E-state index in [1.165, 1.54) is 12.8 Å². The smallest absolute Gasteiger partial charge is 0.256 e. The fourth-order valence-electron chi connectivity index (χ4n) is 3.18. The van der Waals surface area contributed by atoms with Crippen LogP contribution in [0, 0.1) is 12.8 Å². The molecule has 1 saturated heterocycles. The van der Waals surface area contributed by atoms with Crippen molar-refractivity contribution in [1.29, 1.82) is 0 Å². The molecule has 4 nitrogen and oxygen atoms in total. The molecule has 98 valence electrons. The van der Waals surface area contributed by atoms with E-state index in [-0.39, 0.29) is 5.56 Å². The zero-order valence-electron chi connectivity index (χ0n) is 11.0. The number of aryl methyl sites for hydroxylation is 2. The maximum absolute atomic E-state index is 12.5. The third-order valence-corrected chi connectivity index (χ3v) is 4.28. The number of fused-ring (bicyclic) bond motifs is 1. The second-order valence-corrected chi connectivity index (χ2v) is 5.55. The molecule has 0 radical (unpaired) electrons. The molecule has 1 N–H and O–H groups in total. The topological polar surface area (TPSA) is 46.9 Å². The van der Waals surface area contributed by atoms with E-state index < -0.39 is 0 Å². The summed E-state index contributed by atoms with van der Waals surface area (Å²) in [6.45, 7) is 4.99. The molecular formula is C14H21N3O. The number of rotatable bonds is 2. The summed E-state index contributed by atoms with van der Waals surface area (Å²) in [6, 6.07) is 0. The molecule has 0 amide bonds. The Bertz CT molecular complexity index is 500. The van der Waals surface area contributed by atoms with Crippen LogP contribution in [0.4, 0.5) is 0 Å². The predicted molar refractivity (Wildman–Crippen MR) is 70.9 cm³/mol. The lowest BCUT2D eigenvalue weighted by Crippen LogP contribution is -2.34. The van der Waals surface area contributed by atoms with Gasteiger partial charge in [0.2, 0.25) is 0 Å². The molecule has 4 heteroatoms. The van der Waals surface area contributed by atoms with Gasteiger partial charge in [-0.25, -0.2) is 4.98 Å². The van der Waals surface area contributed by atoms with Gasteiger partial charge in [-0.1, -0.05) is 0 Å². The van der Waals surface area contributed by atoms with Gasteiger partial charge in [-0.2, -0.15) is 0 Å². The fraction of sp³-hybridized carbons (Fsp3) is 0.714. The summed E-state index contributed by atoms with van der Waals surface area (Å²) in [4.78, 5) is 17.1. The van der Waals surface area contributed by atoms with E-state index in [2.05, 4.69) is 10.3 Å². The van der Waals surface area contributed by atoms with Crippen molar-refractivity contribution in [2.45, 2.75) is 45.6 Å². The zero-order chi connectivity index (χ0) is 12.5. The largest absolute Gasteiger partial charge is 0.317 e. The Balaban J connectivity index is 1.89. The van der Waals surface area contributed by atoms with Crippen LogP contribution in [0.2, 0.25) is 0 Å². The van der Waals surface area contributed by atoms with Crippen molar-refractivity contribution in [1.82, 2.24) is 14.9 Å². The lowest BCUT2D eigenvalue weighted by atomic mass is 9.98. The monoisotopic (exact) mass is 247 g/mol. The van der Waals surface area contributed by atoms with Crippen LogP contribution in [0.25, 0.3) is 0 Å². The van der Waals surface area contributed by atoms with Crippen molar-refractivity contribution in [2.24, 2.45) is 5.92 Å². The molecule has 1 aliphatic carbocycles. The predicted octanol–water partition coefficient (Wildman–Crippen LogP) is 1.04. The fourth-order valence-corrected chi connectivity index (χ4v) is 3.18. The highest BCUT2D eigenvalue weighted by molar-refractivity contribution is 5.23. The Morgan fingerprint density at radius 3 is 2.89 bits per heavy atom. The molecule has 0 aromatic carbocycles. The second kappa shape index (κ2) is 4.84. The summed E-state index contributed by atoms with van der Waals surface area (Å²) < 4.78 is 1.92. The van der Waals surface area contributed by atoms with Crippen LogP contribution in [-0.4, -0.2) is 22.6 Å². The molecule has 1 aromatic rings. The van der Waals surface area contributed by atoms with E-state index in [4.69, 9.17) is 0 Å². The van der Waals surface area contributed by atoms with Crippen LogP contribution in [0.3, 0.4) is 0 Å². The minimum absolute atomic E-state index is 0.230. The molecule has 2 aliphatic rings. The molecule has 0 atom stereocenters. The molecule has 18 heavy (non-hydrogen) atoms. The van der Waals surface area contributed by atoms with Crippen molar-refractivity contribution >= 4 is 0 Å². The first-order chi connectivity index (χ1) is 8.75. The summed E-state index contributed by atoms with van der Waals surface area (Å²) in [7, 11) is 0. The van der Waals surface area contributed by atoms with Gasteiger partial charge in [-0.15, -0.1) is 0 Å². The average molecular weight is 247 g/mol. The van der Waals surface area contributed by atoms with Crippen molar-refractivity contribution in [3.63, 3.8) is 0 Å². The Morgan fingerprint density at radius 2 is 2.11 bits per heavy atom. The van der Waals surface area contributed by atoms with Crippen LogP contribution in [0.15, 0.2) is 4.79 Å². The molecule has 3 rings (SSSR count). The molecule has 0 spiro atoms. The molecule has 1 fully saturated rings. The number of nitrogens with one attached hydrogen (secondary N) is 1. The summed E-state index contributed by atoms with van der Waals surface area (Å²) in [5, 5.41) is 3.37. The molecule has 1 aromatic heterocycles. The number of hydrogen-bond acceptors (Lipinski definition) is 3. The third-order valence-electron chi connectivity index (χ3n) is 4.28. The third kappa shape index (κ3) is 2.09. The molecule has 2 heterocycles. The quantitative estimate of drug-likeness (QED) is 0.849. The van der Waals surface area contributed by atoms with Crippen LogP contribution in [-0.2, 0) is 19.4 Å². The van der Waals surface area contributed by atoms with E-state index in [0.29, 0.717) is 5.92 Å². The Morgan fingerprint density at radius 1 is 1.33 bits per heavy atom. The van der Waals surface area contributed by atoms with E-state index in [0.717, 1.165) is 56.0 Å². The summed E-state index contributed by atoms with van der Waals surface area (Å²) in [5.41, 5.74) is 2.27. The second-order valence-electron chi connectivity index (χ2n) is 5.55. The van der Waals surface area contributed by atoms with Gasteiger partial charge in [0.1, 0.15) is 5.82 Å². The highest BCUT2D eigenvalue weighted by Crippen LogP contribution is 2.18. The Labute approximate surface area is 107 Å². The van der Waals surface area contributed by atoms with Crippen LogP contribution < -0.4 is 10.9 Å². The van der Waals surface area contributed by atoms with Gasteiger partial charge in [-0.3, -0.25) is 9.36 Å². The van der Waals surface area contributed by atoms with E-state index in [1.807, 2.05) is 11.5 Å². The van der Waals surface area contributed by atoms with Crippen molar-refractivity contribution in [3.05, 3.63) is 27.4 Å². The minimum atomic E-state index is 0.230. The lowest BCUT2D eigenvalue weighted by Gasteiger charge is -2.24. The maximum Gasteiger partial charge on any atom is 0.256 e.